The van der Waals surface area contributed by atoms with E-state index in [1.807, 2.05) is 0 Å². The van der Waals surface area contributed by atoms with Gasteiger partial charge in [-0.1, -0.05) is 18.2 Å². The third-order valence-electron chi connectivity index (χ3n) is 2.59. The molecule has 2 rings (SSSR count). The Labute approximate surface area is 108 Å². The van der Waals surface area contributed by atoms with E-state index in [1.165, 1.54) is 12.4 Å². The molecule has 19 heavy (non-hydrogen) atoms. The molecule has 0 aliphatic carbocycles. The highest BCUT2D eigenvalue weighted by atomic mass is 19.4. The van der Waals surface area contributed by atoms with E-state index in [1.54, 1.807) is 6.07 Å². The van der Waals surface area contributed by atoms with Crippen LogP contribution in [0, 0.1) is 0 Å². The van der Waals surface area contributed by atoms with Crippen molar-refractivity contribution < 1.29 is 13.2 Å². The van der Waals surface area contributed by atoms with Crippen molar-refractivity contribution in [3.8, 4) is 0 Å². The molecule has 0 aliphatic heterocycles. The number of H-pyrrole nitrogens is 1. The van der Waals surface area contributed by atoms with E-state index in [9.17, 15) is 13.2 Å². The van der Waals surface area contributed by atoms with E-state index in [-0.39, 0.29) is 0 Å². The Morgan fingerprint density at radius 1 is 1.26 bits per heavy atom. The summed E-state index contributed by atoms with van der Waals surface area (Å²) in [6, 6.07) is 5.30. The van der Waals surface area contributed by atoms with Gasteiger partial charge >= 0.3 is 6.18 Å². The second-order valence-corrected chi connectivity index (χ2v) is 4.06. The number of rotatable bonds is 5. The van der Waals surface area contributed by atoms with E-state index in [4.69, 9.17) is 0 Å². The predicted molar refractivity (Wildman–Crippen MR) is 63.2 cm³/mol. The molecule has 0 aliphatic rings. The smallest absolute Gasteiger partial charge is 0.312 e. The minimum Gasteiger partial charge on any atom is -0.312 e. The SMILES string of the molecule is FC(F)(F)c1cccc(CNCCc2ncn[nH]2)c1. The van der Waals surface area contributed by atoms with Gasteiger partial charge in [0, 0.05) is 19.5 Å². The summed E-state index contributed by atoms with van der Waals surface area (Å²) in [4.78, 5) is 3.95. The van der Waals surface area contributed by atoms with Gasteiger partial charge < -0.3 is 5.32 Å². The first kappa shape index (κ1) is 13.5. The Bertz CT molecular complexity index is 508. The van der Waals surface area contributed by atoms with Crippen LogP contribution in [0.5, 0.6) is 0 Å². The van der Waals surface area contributed by atoms with Crippen molar-refractivity contribution in [2.24, 2.45) is 0 Å². The number of aromatic amines is 1. The molecule has 0 fully saturated rings. The van der Waals surface area contributed by atoms with Crippen molar-refractivity contribution in [1.29, 1.82) is 0 Å². The first-order valence-corrected chi connectivity index (χ1v) is 5.77. The first-order chi connectivity index (χ1) is 9.05. The molecule has 1 aromatic carbocycles. The quantitative estimate of drug-likeness (QED) is 0.819. The van der Waals surface area contributed by atoms with Gasteiger partial charge in [-0.3, -0.25) is 5.10 Å². The molecule has 0 atom stereocenters. The van der Waals surface area contributed by atoms with Gasteiger partial charge in [0.2, 0.25) is 0 Å². The second-order valence-electron chi connectivity index (χ2n) is 4.06. The lowest BCUT2D eigenvalue weighted by Crippen LogP contribution is -2.17. The number of aromatic nitrogens is 3. The molecule has 2 N–H and O–H groups in total. The monoisotopic (exact) mass is 270 g/mol. The van der Waals surface area contributed by atoms with E-state index < -0.39 is 11.7 Å². The predicted octanol–water partition coefficient (Wildman–Crippen LogP) is 2.16. The number of alkyl halides is 3. The Morgan fingerprint density at radius 2 is 2.11 bits per heavy atom. The number of halogens is 3. The van der Waals surface area contributed by atoms with E-state index in [0.717, 1.165) is 18.0 Å². The van der Waals surface area contributed by atoms with Crippen LogP contribution < -0.4 is 5.32 Å². The van der Waals surface area contributed by atoms with Crippen molar-refractivity contribution in [2.75, 3.05) is 6.54 Å². The van der Waals surface area contributed by atoms with Crippen LogP contribution in [0.1, 0.15) is 17.0 Å². The van der Waals surface area contributed by atoms with Gasteiger partial charge in [-0.2, -0.15) is 18.3 Å². The van der Waals surface area contributed by atoms with Crippen LogP contribution in [0.2, 0.25) is 0 Å². The lowest BCUT2D eigenvalue weighted by atomic mass is 10.1. The van der Waals surface area contributed by atoms with E-state index in [2.05, 4.69) is 20.5 Å². The summed E-state index contributed by atoms with van der Waals surface area (Å²) in [5.41, 5.74) is -0.0190. The van der Waals surface area contributed by atoms with Crippen LogP contribution >= 0.6 is 0 Å². The summed E-state index contributed by atoms with van der Waals surface area (Å²) < 4.78 is 37.5. The Balaban J connectivity index is 1.83. The number of hydrogen-bond donors (Lipinski definition) is 2. The number of hydrogen-bond acceptors (Lipinski definition) is 3. The molecule has 0 bridgehead atoms. The van der Waals surface area contributed by atoms with Gasteiger partial charge in [0.15, 0.2) is 0 Å². The zero-order chi connectivity index (χ0) is 13.7. The lowest BCUT2D eigenvalue weighted by molar-refractivity contribution is -0.137. The normalized spacial score (nSPS) is 11.7. The van der Waals surface area contributed by atoms with E-state index >= 15 is 0 Å². The summed E-state index contributed by atoms with van der Waals surface area (Å²) >= 11 is 0. The highest BCUT2D eigenvalue weighted by Crippen LogP contribution is 2.29. The van der Waals surface area contributed by atoms with Crippen molar-refractivity contribution in [3.05, 3.63) is 47.5 Å². The number of benzene rings is 1. The maximum absolute atomic E-state index is 12.5. The molecule has 1 aromatic heterocycles. The zero-order valence-electron chi connectivity index (χ0n) is 10.0. The average Bonchev–Trinajstić information content (AvgIpc) is 2.87. The average molecular weight is 270 g/mol. The molecule has 0 saturated carbocycles. The molecule has 0 radical (unpaired) electrons. The Hall–Kier alpha value is -1.89. The minimum atomic E-state index is -4.30. The van der Waals surface area contributed by atoms with Gasteiger partial charge in [0.25, 0.3) is 0 Å². The fraction of sp³-hybridized carbons (Fsp3) is 0.333. The van der Waals surface area contributed by atoms with Crippen molar-refractivity contribution >= 4 is 0 Å². The summed E-state index contributed by atoms with van der Waals surface area (Å²) in [6.45, 7) is 1.00. The van der Waals surface area contributed by atoms with Gasteiger partial charge in [0.1, 0.15) is 12.2 Å². The molecular formula is C12H13F3N4. The Kier molecular flexibility index (Phi) is 4.16. The molecule has 0 spiro atoms. The van der Waals surface area contributed by atoms with Crippen molar-refractivity contribution in [1.82, 2.24) is 20.5 Å². The first-order valence-electron chi connectivity index (χ1n) is 5.77. The molecule has 102 valence electrons. The van der Waals surface area contributed by atoms with Gasteiger partial charge in [-0.15, -0.1) is 0 Å². The van der Waals surface area contributed by atoms with Crippen molar-refractivity contribution in [3.63, 3.8) is 0 Å². The maximum Gasteiger partial charge on any atom is 0.416 e. The second kappa shape index (κ2) is 5.83. The van der Waals surface area contributed by atoms with Crippen LogP contribution in [-0.4, -0.2) is 21.7 Å². The van der Waals surface area contributed by atoms with Crippen LogP contribution in [0.25, 0.3) is 0 Å². The van der Waals surface area contributed by atoms with Crippen molar-refractivity contribution in [2.45, 2.75) is 19.1 Å². The van der Waals surface area contributed by atoms with Gasteiger partial charge in [-0.25, -0.2) is 4.98 Å². The highest BCUT2D eigenvalue weighted by Gasteiger charge is 2.30. The summed E-state index contributed by atoms with van der Waals surface area (Å²) in [5, 5.41) is 9.49. The molecular weight excluding hydrogens is 257 g/mol. The highest BCUT2D eigenvalue weighted by molar-refractivity contribution is 5.25. The fourth-order valence-corrected chi connectivity index (χ4v) is 1.65. The van der Waals surface area contributed by atoms with E-state index in [0.29, 0.717) is 25.1 Å². The molecule has 0 saturated heterocycles. The molecule has 2 aromatic rings. The van der Waals surface area contributed by atoms with Gasteiger partial charge in [0.05, 0.1) is 5.56 Å². The van der Waals surface area contributed by atoms with Gasteiger partial charge in [-0.05, 0) is 11.6 Å². The maximum atomic E-state index is 12.5. The number of nitrogens with zero attached hydrogens (tertiary/aromatic N) is 2. The standard InChI is InChI=1S/C12H13F3N4/c13-12(14,15)10-3-1-2-9(6-10)7-16-5-4-11-17-8-18-19-11/h1-3,6,8,16H,4-5,7H2,(H,17,18,19). The summed E-state index contributed by atoms with van der Waals surface area (Å²) in [5.74, 6) is 0.747. The Morgan fingerprint density at radius 3 is 2.79 bits per heavy atom. The van der Waals surface area contributed by atoms with Crippen LogP contribution in [0.4, 0.5) is 13.2 Å². The largest absolute Gasteiger partial charge is 0.416 e. The van der Waals surface area contributed by atoms with Crippen LogP contribution in [0.3, 0.4) is 0 Å². The minimum absolute atomic E-state index is 0.387. The third-order valence-corrected chi connectivity index (χ3v) is 2.59. The molecule has 0 unspecified atom stereocenters. The summed E-state index contributed by atoms with van der Waals surface area (Å²) in [6.07, 6.45) is -2.23. The molecule has 1 heterocycles. The van der Waals surface area contributed by atoms with Crippen LogP contribution in [-0.2, 0) is 19.1 Å². The molecule has 0 amide bonds. The molecule has 7 heteroatoms. The number of nitrogens with one attached hydrogen (secondary N) is 2. The lowest BCUT2D eigenvalue weighted by Gasteiger charge is -2.09. The van der Waals surface area contributed by atoms with Crippen LogP contribution in [0.15, 0.2) is 30.6 Å². The third kappa shape index (κ3) is 4.06. The topological polar surface area (TPSA) is 53.6 Å². The summed E-state index contributed by atoms with van der Waals surface area (Å²) in [7, 11) is 0. The fourth-order valence-electron chi connectivity index (χ4n) is 1.65. The molecule has 4 nitrogen and oxygen atoms in total. The zero-order valence-corrected chi connectivity index (χ0v) is 10.0.